The van der Waals surface area contributed by atoms with E-state index in [-0.39, 0.29) is 33.5 Å². The Labute approximate surface area is 209 Å². The molecule has 14 nitrogen and oxygen atoms in total. The molecule has 191 valence electrons. The number of nitrogens with zero attached hydrogens (tertiary/aromatic N) is 5. The molecule has 0 aliphatic heterocycles. The molecule has 0 spiro atoms. The molecule has 4 aromatic rings. The summed E-state index contributed by atoms with van der Waals surface area (Å²) in [6.07, 6.45) is 7.06. The molecule has 0 unspecified atom stereocenters. The molecule has 0 atom stereocenters. The summed E-state index contributed by atoms with van der Waals surface area (Å²) in [5.74, 6) is -0.290. The zero-order valence-electron chi connectivity index (χ0n) is 18.1. The van der Waals surface area contributed by atoms with Gasteiger partial charge in [-0.1, -0.05) is 12.1 Å². The van der Waals surface area contributed by atoms with Crippen molar-refractivity contribution in [2.45, 2.75) is 6.92 Å². The van der Waals surface area contributed by atoms with Crippen molar-refractivity contribution in [2.24, 2.45) is 0 Å². The molecule has 35 heavy (non-hydrogen) atoms. The van der Waals surface area contributed by atoms with E-state index in [1.807, 2.05) is 48.5 Å². The Morgan fingerprint density at radius 3 is 1.60 bits per heavy atom. The van der Waals surface area contributed by atoms with E-state index >= 15 is 0 Å². The minimum atomic E-state index is -1.75. The second-order valence-electron chi connectivity index (χ2n) is 5.71. The van der Waals surface area contributed by atoms with Gasteiger partial charge in [-0.2, -0.15) is 0 Å². The van der Waals surface area contributed by atoms with Crippen LogP contribution >= 0.6 is 0 Å². The minimum absolute atomic E-state index is 0. The van der Waals surface area contributed by atoms with Crippen LogP contribution in [0.5, 0.6) is 0 Å². The van der Waals surface area contributed by atoms with Crippen LogP contribution in [0.25, 0.3) is 34.2 Å². The van der Waals surface area contributed by atoms with Crippen molar-refractivity contribution in [1.82, 2.24) is 24.9 Å². The first-order valence-electron chi connectivity index (χ1n) is 8.70. The molecule has 4 aromatic heterocycles. The first-order valence-corrected chi connectivity index (χ1v) is 8.70. The van der Waals surface area contributed by atoms with E-state index in [9.17, 15) is 0 Å². The summed E-state index contributed by atoms with van der Waals surface area (Å²) in [6.45, 7) is 0.972. The molecule has 4 rings (SSSR count). The van der Waals surface area contributed by atoms with Crippen molar-refractivity contribution in [1.29, 1.82) is 0 Å². The molecule has 0 saturated heterocycles. The summed E-state index contributed by atoms with van der Waals surface area (Å²) in [4.78, 5) is 38.1. The number of nitrogens with one attached hydrogen (secondary N) is 1. The predicted molar refractivity (Wildman–Crippen MR) is 121 cm³/mol. The number of aromatic amines is 1. The van der Waals surface area contributed by atoms with Crippen LogP contribution in [0.4, 0.5) is 0 Å². The van der Waals surface area contributed by atoms with E-state index in [1.165, 1.54) is 0 Å². The SMILES string of the molecule is CC(=O)[O-].O.O.O=[N+]([O-])[O-].[Cu+2].[OH3+].c1ccc(-c2cc(-c3ncc[nH]3)cc(-c3ccccn3)n2)nc1. The number of carbonyl (C=O) groups is 1. The van der Waals surface area contributed by atoms with Gasteiger partial charge in [-0.3, -0.25) is 9.97 Å². The molecule has 0 aromatic carbocycles. The van der Waals surface area contributed by atoms with Crippen LogP contribution in [-0.2, 0) is 27.3 Å². The molecule has 1 radical (unpaired) electrons. The van der Waals surface area contributed by atoms with Gasteiger partial charge in [0.05, 0.1) is 27.9 Å². The van der Waals surface area contributed by atoms with Gasteiger partial charge in [0.1, 0.15) is 5.82 Å². The Hall–Kier alpha value is -4.27. The van der Waals surface area contributed by atoms with Crippen LogP contribution in [0.2, 0.25) is 0 Å². The fourth-order valence-corrected chi connectivity index (χ4v) is 2.38. The maximum Gasteiger partial charge on any atom is 2.00 e. The van der Waals surface area contributed by atoms with Crippen LogP contribution in [0.1, 0.15) is 6.92 Å². The molecule has 0 saturated carbocycles. The van der Waals surface area contributed by atoms with Gasteiger partial charge in [-0.05, 0) is 43.3 Å². The second-order valence-corrected chi connectivity index (χ2v) is 5.71. The van der Waals surface area contributed by atoms with Gasteiger partial charge in [0.25, 0.3) is 0 Å². The first kappa shape index (κ1) is 35.3. The summed E-state index contributed by atoms with van der Waals surface area (Å²) in [5.41, 5.74) is 4.17. The molecule has 0 amide bonds. The first-order chi connectivity index (χ1) is 14.9. The molecule has 4 heterocycles. The molecule has 0 aliphatic carbocycles. The van der Waals surface area contributed by atoms with E-state index < -0.39 is 11.1 Å². The number of pyridine rings is 3. The molecule has 0 bridgehead atoms. The van der Waals surface area contributed by atoms with Crippen LogP contribution < -0.4 is 5.11 Å². The zero-order chi connectivity index (χ0) is 22.6. The molecular weight excluding hydrogens is 516 g/mol. The molecule has 15 heteroatoms. The summed E-state index contributed by atoms with van der Waals surface area (Å²) < 4.78 is 0. The van der Waals surface area contributed by atoms with Gasteiger partial charge in [-0.15, -0.1) is 0 Å². The van der Waals surface area contributed by atoms with Crippen molar-refractivity contribution in [2.75, 3.05) is 0 Å². The van der Waals surface area contributed by atoms with Gasteiger partial charge in [-0.25, -0.2) is 9.97 Å². The second kappa shape index (κ2) is 18.2. The monoisotopic (exact) mass is 538 g/mol. The van der Waals surface area contributed by atoms with Gasteiger partial charge >= 0.3 is 17.1 Å². The summed E-state index contributed by atoms with van der Waals surface area (Å²) in [7, 11) is 0. The maximum atomic E-state index is 8.89. The number of carboxylic acid groups (broad SMARTS) is 1. The molecular formula is C20H23CuN6O8+. The summed E-state index contributed by atoms with van der Waals surface area (Å²) in [5, 5.41) is 23.6. The number of aromatic nitrogens is 5. The van der Waals surface area contributed by atoms with E-state index in [1.54, 1.807) is 24.8 Å². The smallest absolute Gasteiger partial charge is 0.550 e. The van der Waals surface area contributed by atoms with Gasteiger partial charge in [0.15, 0.2) is 0 Å². The number of rotatable bonds is 3. The van der Waals surface area contributed by atoms with Gasteiger partial charge < -0.3 is 46.6 Å². The largest absolute Gasteiger partial charge is 2.00 e. The van der Waals surface area contributed by atoms with E-state index in [0.717, 1.165) is 41.1 Å². The zero-order valence-corrected chi connectivity index (χ0v) is 19.0. The number of hydrogen-bond acceptors (Lipinski definition) is 9. The van der Waals surface area contributed by atoms with E-state index in [0.29, 0.717) is 0 Å². The predicted octanol–water partition coefficient (Wildman–Crippen LogP) is -0.461. The van der Waals surface area contributed by atoms with Gasteiger partial charge in [0, 0.05) is 36.3 Å². The average Bonchev–Trinajstić information content (AvgIpc) is 3.29. The topological polar surface area (TPSA) is 270 Å². The number of aliphatic carboxylic acids is 1. The normalized spacial score (nSPS) is 8.37. The average molecular weight is 539 g/mol. The Bertz CT molecular complexity index is 1040. The van der Waals surface area contributed by atoms with Crippen LogP contribution in [0, 0.1) is 15.3 Å². The number of carbonyl (C=O) groups excluding carboxylic acids is 1. The fraction of sp³-hybridized carbons (Fsp3) is 0.0500. The Balaban J connectivity index is -0.000000755. The third-order valence-electron chi connectivity index (χ3n) is 3.45. The van der Waals surface area contributed by atoms with E-state index in [2.05, 4.69) is 19.9 Å². The van der Waals surface area contributed by atoms with Gasteiger partial charge in [0.2, 0.25) is 0 Å². The van der Waals surface area contributed by atoms with Crippen molar-refractivity contribution in [3.63, 3.8) is 0 Å². The van der Waals surface area contributed by atoms with Crippen molar-refractivity contribution in [3.05, 3.63) is 88.6 Å². The van der Waals surface area contributed by atoms with Crippen molar-refractivity contribution < 1.29 is 48.5 Å². The minimum Gasteiger partial charge on any atom is -0.550 e. The fourth-order valence-electron chi connectivity index (χ4n) is 2.38. The number of imidazole rings is 1. The van der Waals surface area contributed by atoms with E-state index in [4.69, 9.17) is 30.2 Å². The molecule has 0 fully saturated rings. The third kappa shape index (κ3) is 12.5. The standard InChI is InChI=1S/C18H13N5.C2H4O2.Cu.NO3.3H2O/c1-3-7-19-14(5-1)16-11-13(18-21-9-10-22-18)12-17(23-16)15-6-2-4-8-20-15;1-2(3)4;;2-1(3)4;;;/h1-12H,(H,21,22);1H3,(H,3,4);;;3*1H2/q;;+2;-1;;;. The Morgan fingerprint density at radius 1 is 0.857 bits per heavy atom. The Kier molecular flexibility index (Phi) is 18.4. The number of carboxylic acids is 1. The summed E-state index contributed by atoms with van der Waals surface area (Å²) >= 11 is 0. The van der Waals surface area contributed by atoms with Crippen LogP contribution in [0.3, 0.4) is 0 Å². The molecule has 0 aliphatic rings. The Morgan fingerprint density at radius 2 is 1.29 bits per heavy atom. The summed E-state index contributed by atoms with van der Waals surface area (Å²) in [6, 6.07) is 15.5. The van der Waals surface area contributed by atoms with Crippen LogP contribution in [0.15, 0.2) is 73.3 Å². The van der Waals surface area contributed by atoms with Crippen LogP contribution in [-0.4, -0.2) is 46.9 Å². The third-order valence-corrected chi connectivity index (χ3v) is 3.45. The quantitative estimate of drug-likeness (QED) is 0.152. The molecule has 8 N–H and O–H groups in total. The van der Waals surface area contributed by atoms with Crippen molar-refractivity contribution in [3.8, 4) is 34.2 Å². The van der Waals surface area contributed by atoms with Crippen molar-refractivity contribution >= 4 is 5.97 Å². The number of H-pyrrole nitrogens is 1. The maximum absolute atomic E-state index is 8.89. The number of hydrogen-bond donors (Lipinski definition) is 1.